The average Bonchev–Trinajstić information content (AvgIpc) is 2.47. The lowest BCUT2D eigenvalue weighted by atomic mass is 9.77. The van der Waals surface area contributed by atoms with Crippen LogP contribution < -0.4 is 5.32 Å². The van der Waals surface area contributed by atoms with Crippen molar-refractivity contribution in [1.29, 1.82) is 0 Å². The maximum absolute atomic E-state index is 3.30. The van der Waals surface area contributed by atoms with Gasteiger partial charge in [0.15, 0.2) is 0 Å². The van der Waals surface area contributed by atoms with Gasteiger partial charge >= 0.3 is 0 Å². The van der Waals surface area contributed by atoms with Gasteiger partial charge in [-0.15, -0.1) is 0 Å². The van der Waals surface area contributed by atoms with Crippen LogP contribution in [0.2, 0.25) is 0 Å². The Kier molecular flexibility index (Phi) is 4.40. The molecule has 0 amide bonds. The van der Waals surface area contributed by atoms with Gasteiger partial charge in [0.1, 0.15) is 0 Å². The van der Waals surface area contributed by atoms with Gasteiger partial charge in [0.2, 0.25) is 0 Å². The second-order valence-corrected chi connectivity index (χ2v) is 6.31. The third-order valence-corrected chi connectivity index (χ3v) is 4.81. The van der Waals surface area contributed by atoms with E-state index in [2.05, 4.69) is 60.8 Å². The van der Waals surface area contributed by atoms with E-state index in [4.69, 9.17) is 0 Å². The molecular weight excluding hydrogens is 254 g/mol. The molecule has 2 aromatic carbocycles. The number of hydrogen-bond acceptors (Lipinski definition) is 1. The van der Waals surface area contributed by atoms with Crippen molar-refractivity contribution in [3.63, 3.8) is 0 Å². The smallest absolute Gasteiger partial charge is 0.00761 e. The largest absolute Gasteiger partial charge is 0.317 e. The molecule has 0 saturated heterocycles. The normalized spacial score (nSPS) is 16.5. The standard InChI is InChI=1S/C20H25N/c1-15(21-2)14-16-10-12-18(13-11-16)20-9-4-3-8-19(20)17-6-5-7-17/h3-4,8-13,15,17,21H,5-7,14H2,1-2H3. The molecular formula is C20H25N. The van der Waals surface area contributed by atoms with Crippen LogP contribution in [0.3, 0.4) is 0 Å². The zero-order valence-corrected chi connectivity index (χ0v) is 13.1. The van der Waals surface area contributed by atoms with Crippen LogP contribution in [0.1, 0.15) is 43.2 Å². The monoisotopic (exact) mass is 279 g/mol. The molecule has 1 aliphatic carbocycles. The highest BCUT2D eigenvalue weighted by molar-refractivity contribution is 5.68. The van der Waals surface area contributed by atoms with Crippen LogP contribution in [-0.4, -0.2) is 13.1 Å². The zero-order valence-electron chi connectivity index (χ0n) is 13.1. The van der Waals surface area contributed by atoms with Gasteiger partial charge < -0.3 is 5.32 Å². The van der Waals surface area contributed by atoms with Crippen molar-refractivity contribution in [3.8, 4) is 11.1 Å². The molecule has 1 atom stereocenters. The highest BCUT2D eigenvalue weighted by Crippen LogP contribution is 2.40. The van der Waals surface area contributed by atoms with Crippen LogP contribution in [-0.2, 0) is 6.42 Å². The van der Waals surface area contributed by atoms with Crippen LogP contribution in [0.15, 0.2) is 48.5 Å². The van der Waals surface area contributed by atoms with Crippen molar-refractivity contribution in [2.75, 3.05) is 7.05 Å². The van der Waals surface area contributed by atoms with Crippen molar-refractivity contribution >= 4 is 0 Å². The maximum atomic E-state index is 3.30. The number of hydrogen-bond donors (Lipinski definition) is 1. The lowest BCUT2D eigenvalue weighted by Crippen LogP contribution is -2.23. The molecule has 3 rings (SSSR count). The minimum absolute atomic E-state index is 0.526. The predicted molar refractivity (Wildman–Crippen MR) is 90.7 cm³/mol. The number of likely N-dealkylation sites (N-methyl/N-ethyl adjacent to an activating group) is 1. The van der Waals surface area contributed by atoms with E-state index < -0.39 is 0 Å². The van der Waals surface area contributed by atoms with Gasteiger partial charge in [-0.3, -0.25) is 0 Å². The minimum atomic E-state index is 0.526. The molecule has 1 fully saturated rings. The summed E-state index contributed by atoms with van der Waals surface area (Å²) < 4.78 is 0. The molecule has 1 heteroatoms. The third kappa shape index (κ3) is 3.19. The second-order valence-electron chi connectivity index (χ2n) is 6.31. The average molecular weight is 279 g/mol. The molecule has 1 aliphatic rings. The Morgan fingerprint density at radius 2 is 1.76 bits per heavy atom. The molecule has 1 nitrogen and oxygen atoms in total. The van der Waals surface area contributed by atoms with Crippen molar-refractivity contribution in [1.82, 2.24) is 5.32 Å². The fourth-order valence-electron chi connectivity index (χ4n) is 3.11. The second kappa shape index (κ2) is 6.44. The number of nitrogens with one attached hydrogen (secondary N) is 1. The first-order valence-corrected chi connectivity index (χ1v) is 8.13. The summed E-state index contributed by atoms with van der Waals surface area (Å²) in [5, 5.41) is 3.30. The van der Waals surface area contributed by atoms with Gasteiger partial charge in [0.05, 0.1) is 0 Å². The van der Waals surface area contributed by atoms with E-state index in [0.717, 1.165) is 12.3 Å². The Hall–Kier alpha value is -1.60. The molecule has 21 heavy (non-hydrogen) atoms. The van der Waals surface area contributed by atoms with Gasteiger partial charge in [0, 0.05) is 6.04 Å². The minimum Gasteiger partial charge on any atom is -0.317 e. The molecule has 110 valence electrons. The fraction of sp³-hybridized carbons (Fsp3) is 0.400. The van der Waals surface area contributed by atoms with E-state index in [-0.39, 0.29) is 0 Å². The Morgan fingerprint density at radius 1 is 1.05 bits per heavy atom. The Bertz CT molecular complexity index is 581. The van der Waals surface area contributed by atoms with Crippen molar-refractivity contribution < 1.29 is 0 Å². The molecule has 1 unspecified atom stereocenters. The summed E-state index contributed by atoms with van der Waals surface area (Å²) in [4.78, 5) is 0. The first kappa shape index (κ1) is 14.3. The van der Waals surface area contributed by atoms with Crippen LogP contribution in [0.25, 0.3) is 11.1 Å². The summed E-state index contributed by atoms with van der Waals surface area (Å²) in [6.45, 7) is 2.22. The van der Waals surface area contributed by atoms with Gasteiger partial charge in [-0.25, -0.2) is 0 Å². The SMILES string of the molecule is CNC(C)Cc1ccc(-c2ccccc2C2CCC2)cc1. The van der Waals surface area contributed by atoms with Gasteiger partial charge in [-0.2, -0.15) is 0 Å². The lowest BCUT2D eigenvalue weighted by molar-refractivity contribution is 0.420. The first-order chi connectivity index (χ1) is 10.3. The molecule has 0 aliphatic heterocycles. The summed E-state index contributed by atoms with van der Waals surface area (Å²) in [6.07, 6.45) is 5.18. The summed E-state index contributed by atoms with van der Waals surface area (Å²) in [7, 11) is 2.02. The van der Waals surface area contributed by atoms with Gasteiger partial charge in [-0.1, -0.05) is 55.0 Å². The van der Waals surface area contributed by atoms with E-state index in [0.29, 0.717) is 6.04 Å². The van der Waals surface area contributed by atoms with Crippen LogP contribution in [0.5, 0.6) is 0 Å². The summed E-state index contributed by atoms with van der Waals surface area (Å²) >= 11 is 0. The number of benzene rings is 2. The van der Waals surface area contributed by atoms with E-state index >= 15 is 0 Å². The predicted octanol–water partition coefficient (Wildman–Crippen LogP) is 4.77. The zero-order chi connectivity index (χ0) is 14.7. The summed E-state index contributed by atoms with van der Waals surface area (Å²) in [6, 6.07) is 18.6. The Labute approximate surface area is 128 Å². The third-order valence-electron chi connectivity index (χ3n) is 4.81. The molecule has 0 spiro atoms. The van der Waals surface area contributed by atoms with E-state index in [1.54, 1.807) is 5.56 Å². The van der Waals surface area contributed by atoms with E-state index in [1.807, 2.05) is 7.05 Å². The van der Waals surface area contributed by atoms with Crippen molar-refractivity contribution in [3.05, 3.63) is 59.7 Å². The van der Waals surface area contributed by atoms with Gasteiger partial charge in [-0.05, 0) is 61.4 Å². The van der Waals surface area contributed by atoms with Crippen molar-refractivity contribution in [2.45, 2.75) is 44.6 Å². The molecule has 0 bridgehead atoms. The van der Waals surface area contributed by atoms with E-state index in [9.17, 15) is 0 Å². The molecule has 2 aromatic rings. The molecule has 0 radical (unpaired) electrons. The van der Waals surface area contributed by atoms with Gasteiger partial charge in [0.25, 0.3) is 0 Å². The first-order valence-electron chi connectivity index (χ1n) is 8.13. The quantitative estimate of drug-likeness (QED) is 0.831. The Balaban J connectivity index is 1.84. The lowest BCUT2D eigenvalue weighted by Gasteiger charge is -2.28. The van der Waals surface area contributed by atoms with Crippen LogP contribution in [0, 0.1) is 0 Å². The molecule has 1 N–H and O–H groups in total. The van der Waals surface area contributed by atoms with Crippen LogP contribution in [0.4, 0.5) is 0 Å². The number of rotatable bonds is 5. The molecule has 0 heterocycles. The van der Waals surface area contributed by atoms with Crippen LogP contribution >= 0.6 is 0 Å². The maximum Gasteiger partial charge on any atom is 0.00761 e. The summed E-state index contributed by atoms with van der Waals surface area (Å²) in [5.41, 5.74) is 5.73. The molecule has 1 saturated carbocycles. The highest BCUT2D eigenvalue weighted by atomic mass is 14.8. The Morgan fingerprint density at radius 3 is 2.38 bits per heavy atom. The topological polar surface area (TPSA) is 12.0 Å². The fourth-order valence-corrected chi connectivity index (χ4v) is 3.11. The molecule has 0 aromatic heterocycles. The summed E-state index contributed by atoms with van der Waals surface area (Å²) in [5.74, 6) is 0.783. The van der Waals surface area contributed by atoms with Crippen molar-refractivity contribution in [2.24, 2.45) is 0 Å². The highest BCUT2D eigenvalue weighted by Gasteiger charge is 2.22. The van der Waals surface area contributed by atoms with E-state index in [1.165, 1.54) is 36.0 Å².